The van der Waals surface area contributed by atoms with Crippen LogP contribution < -0.4 is 9.47 Å². The number of allylic oxidation sites excluding steroid dienone is 3. The zero-order chi connectivity index (χ0) is 22.7. The predicted molar refractivity (Wildman–Crippen MR) is 132 cm³/mol. The van der Waals surface area contributed by atoms with Gasteiger partial charge in [-0.05, 0) is 53.7 Å². The first-order chi connectivity index (χ1) is 15.9. The van der Waals surface area contributed by atoms with Crippen molar-refractivity contribution in [3.05, 3.63) is 74.9 Å². The lowest BCUT2D eigenvalue weighted by molar-refractivity contribution is -0.118. The van der Waals surface area contributed by atoms with Gasteiger partial charge in [0.2, 0.25) is 0 Å². The third-order valence-electron chi connectivity index (χ3n) is 7.24. The van der Waals surface area contributed by atoms with Gasteiger partial charge in [-0.15, -0.1) is 0 Å². The van der Waals surface area contributed by atoms with E-state index >= 15 is 0 Å². The third kappa shape index (κ3) is 3.52. The van der Waals surface area contributed by atoms with Crippen molar-refractivity contribution in [2.75, 3.05) is 19.8 Å². The molecule has 2 aromatic carbocycles. The average molecular weight is 506 g/mol. The Morgan fingerprint density at radius 2 is 1.82 bits per heavy atom. The highest BCUT2D eigenvalue weighted by atomic mass is 79.9. The monoisotopic (exact) mass is 505 g/mol. The number of ketones is 1. The number of nitrogens with zero attached hydrogens (tertiary/aromatic N) is 1. The van der Waals surface area contributed by atoms with E-state index in [1.54, 1.807) is 0 Å². The molecule has 1 atom stereocenters. The number of hydrogen-bond acceptors (Lipinski definition) is 4. The first kappa shape index (κ1) is 21.0. The number of hydrogen-bond donors (Lipinski definition) is 0. The van der Waals surface area contributed by atoms with Gasteiger partial charge in [0.1, 0.15) is 0 Å². The Kier molecular flexibility index (Phi) is 4.95. The van der Waals surface area contributed by atoms with E-state index in [0.29, 0.717) is 19.6 Å². The van der Waals surface area contributed by atoms with Crippen LogP contribution in [0.4, 0.5) is 0 Å². The molecule has 0 radical (unpaired) electrons. The van der Waals surface area contributed by atoms with Gasteiger partial charge in [-0.25, -0.2) is 0 Å². The molecule has 33 heavy (non-hydrogen) atoms. The molecule has 0 saturated heterocycles. The maximum Gasteiger partial charge on any atom is 0.162 e. The maximum absolute atomic E-state index is 13.5. The average Bonchev–Trinajstić information content (AvgIpc) is 3.01. The van der Waals surface area contributed by atoms with Crippen molar-refractivity contribution in [2.45, 2.75) is 45.4 Å². The fourth-order valence-corrected chi connectivity index (χ4v) is 6.30. The molecule has 6 rings (SSSR count). The molecule has 4 nitrogen and oxygen atoms in total. The smallest absolute Gasteiger partial charge is 0.162 e. The lowest BCUT2D eigenvalue weighted by Crippen LogP contribution is -2.40. The molecule has 3 aliphatic heterocycles. The van der Waals surface area contributed by atoms with Crippen molar-refractivity contribution < 1.29 is 14.3 Å². The van der Waals surface area contributed by atoms with E-state index in [4.69, 9.17) is 9.47 Å². The van der Waals surface area contributed by atoms with Crippen LogP contribution in [0.2, 0.25) is 0 Å². The van der Waals surface area contributed by atoms with Crippen molar-refractivity contribution in [3.8, 4) is 11.5 Å². The fraction of sp³-hybridized carbons (Fsp3) is 0.393. The Bertz CT molecular complexity index is 1230. The molecule has 1 aliphatic carbocycles. The lowest BCUT2D eigenvalue weighted by atomic mass is 9.69. The minimum Gasteiger partial charge on any atom is -0.490 e. The molecule has 5 heteroatoms. The lowest BCUT2D eigenvalue weighted by Gasteiger charge is -2.46. The van der Waals surface area contributed by atoms with Crippen LogP contribution in [0.5, 0.6) is 11.5 Å². The Labute approximate surface area is 203 Å². The van der Waals surface area contributed by atoms with E-state index in [1.807, 2.05) is 6.07 Å². The van der Waals surface area contributed by atoms with Gasteiger partial charge >= 0.3 is 0 Å². The van der Waals surface area contributed by atoms with Crippen molar-refractivity contribution in [3.63, 3.8) is 0 Å². The molecular weight excluding hydrogens is 478 g/mol. The van der Waals surface area contributed by atoms with Crippen LogP contribution >= 0.6 is 15.9 Å². The second kappa shape index (κ2) is 7.76. The topological polar surface area (TPSA) is 38.8 Å². The summed E-state index contributed by atoms with van der Waals surface area (Å²) in [5.74, 6) is 1.90. The van der Waals surface area contributed by atoms with Gasteiger partial charge in [-0.3, -0.25) is 4.79 Å². The highest BCUT2D eigenvalue weighted by Crippen LogP contribution is 2.52. The van der Waals surface area contributed by atoms with Gasteiger partial charge in [0.15, 0.2) is 17.3 Å². The van der Waals surface area contributed by atoms with E-state index < -0.39 is 0 Å². The molecule has 2 aromatic rings. The number of carbonyl (C=O) groups is 1. The SMILES string of the molecule is CC1(C)CC(=O)C2=C(C1)N1CCc3cc4c(cc3C1=CC2c1ccccc1Br)OCCCO4. The van der Waals surface area contributed by atoms with Crippen LogP contribution in [0.3, 0.4) is 0 Å². The van der Waals surface area contributed by atoms with Crippen molar-refractivity contribution in [1.82, 2.24) is 4.90 Å². The van der Waals surface area contributed by atoms with Gasteiger partial charge in [0.05, 0.1) is 13.2 Å². The Balaban J connectivity index is 1.55. The number of ether oxygens (including phenoxy) is 2. The van der Waals surface area contributed by atoms with Crippen LogP contribution in [0.1, 0.15) is 55.7 Å². The van der Waals surface area contributed by atoms with Gasteiger partial charge in [-0.1, -0.05) is 48.0 Å². The zero-order valence-corrected chi connectivity index (χ0v) is 20.7. The standard InChI is InChI=1S/C28H28BrNO3/c1-28(2)15-23-27(24(31)16-28)20(18-6-3-4-7-21(18)29)13-22-19-14-26-25(32-10-5-11-33-26)12-17(19)8-9-30(22)23/h3-4,6-7,12-14,20H,5,8-11,15-16H2,1-2H3. The number of fused-ring (bicyclic) bond motifs is 5. The molecule has 0 spiro atoms. The van der Waals surface area contributed by atoms with Crippen LogP contribution in [0, 0.1) is 5.41 Å². The highest BCUT2D eigenvalue weighted by molar-refractivity contribution is 9.10. The van der Waals surface area contributed by atoms with E-state index in [0.717, 1.165) is 52.9 Å². The Hall–Kier alpha value is -2.53. The van der Waals surface area contributed by atoms with Gasteiger partial charge in [0.25, 0.3) is 0 Å². The summed E-state index contributed by atoms with van der Waals surface area (Å²) in [4.78, 5) is 15.9. The summed E-state index contributed by atoms with van der Waals surface area (Å²) < 4.78 is 13.0. The summed E-state index contributed by atoms with van der Waals surface area (Å²) in [6.07, 6.45) is 5.63. The summed E-state index contributed by atoms with van der Waals surface area (Å²) in [5.41, 5.74) is 6.96. The molecule has 3 heterocycles. The summed E-state index contributed by atoms with van der Waals surface area (Å²) in [7, 11) is 0. The molecule has 1 unspecified atom stereocenters. The minimum atomic E-state index is -0.0626. The molecule has 4 aliphatic rings. The largest absolute Gasteiger partial charge is 0.490 e. The molecule has 0 amide bonds. The van der Waals surface area contributed by atoms with Crippen molar-refractivity contribution in [1.29, 1.82) is 0 Å². The van der Waals surface area contributed by atoms with Crippen molar-refractivity contribution >= 4 is 27.4 Å². The Morgan fingerprint density at radius 3 is 2.61 bits per heavy atom. The van der Waals surface area contributed by atoms with Crippen LogP contribution in [-0.4, -0.2) is 30.4 Å². The Morgan fingerprint density at radius 1 is 1.06 bits per heavy atom. The maximum atomic E-state index is 13.5. The fourth-order valence-electron chi connectivity index (χ4n) is 5.76. The number of benzene rings is 2. The predicted octanol–water partition coefficient (Wildman–Crippen LogP) is 6.25. The number of rotatable bonds is 1. The molecule has 0 bridgehead atoms. The van der Waals surface area contributed by atoms with E-state index in [2.05, 4.69) is 71.1 Å². The van der Waals surface area contributed by atoms with Gasteiger partial charge < -0.3 is 14.4 Å². The van der Waals surface area contributed by atoms with Gasteiger partial charge in [0, 0.05) is 52.3 Å². The van der Waals surface area contributed by atoms with Crippen LogP contribution in [0.15, 0.2) is 58.2 Å². The van der Waals surface area contributed by atoms with Gasteiger partial charge in [-0.2, -0.15) is 0 Å². The summed E-state index contributed by atoms with van der Waals surface area (Å²) >= 11 is 3.76. The molecule has 0 saturated carbocycles. The molecule has 0 N–H and O–H groups in total. The highest BCUT2D eigenvalue weighted by Gasteiger charge is 2.43. The second-order valence-electron chi connectivity index (χ2n) is 10.3. The van der Waals surface area contributed by atoms with E-state index in [1.165, 1.54) is 22.5 Å². The summed E-state index contributed by atoms with van der Waals surface area (Å²) in [6, 6.07) is 12.6. The molecule has 170 valence electrons. The van der Waals surface area contributed by atoms with E-state index in [9.17, 15) is 4.79 Å². The second-order valence-corrected chi connectivity index (χ2v) is 11.1. The molecule has 0 aromatic heterocycles. The summed E-state index contributed by atoms with van der Waals surface area (Å²) in [5, 5.41) is 0. The number of carbonyl (C=O) groups excluding carboxylic acids is 1. The van der Waals surface area contributed by atoms with Crippen LogP contribution in [0.25, 0.3) is 5.70 Å². The van der Waals surface area contributed by atoms with Crippen LogP contribution in [-0.2, 0) is 11.2 Å². The number of halogens is 1. The van der Waals surface area contributed by atoms with Crippen molar-refractivity contribution in [2.24, 2.45) is 5.41 Å². The van der Waals surface area contributed by atoms with E-state index in [-0.39, 0.29) is 17.1 Å². The zero-order valence-electron chi connectivity index (χ0n) is 19.1. The number of Topliss-reactive ketones (excluding diaryl/α,β-unsaturated/α-hetero) is 1. The molecule has 0 fully saturated rings. The normalized spacial score (nSPS) is 23.2. The quantitative estimate of drug-likeness (QED) is 0.459. The first-order valence-electron chi connectivity index (χ1n) is 11.8. The summed E-state index contributed by atoms with van der Waals surface area (Å²) in [6.45, 7) is 6.67. The first-order valence-corrected chi connectivity index (χ1v) is 12.6. The molecular formula is C28H28BrNO3. The minimum absolute atomic E-state index is 0.0398. The third-order valence-corrected chi connectivity index (χ3v) is 7.97.